The van der Waals surface area contributed by atoms with E-state index in [0.29, 0.717) is 0 Å². The van der Waals surface area contributed by atoms with Crippen LogP contribution in [0, 0.1) is 0 Å². The Morgan fingerprint density at radius 2 is 0.429 bits per heavy atom. The molecule has 0 aromatic carbocycles. The first-order chi connectivity index (χ1) is 0. The summed E-state index contributed by atoms with van der Waals surface area (Å²) in [6.07, 6.45) is 0. The van der Waals surface area contributed by atoms with E-state index in [9.17, 15) is 0 Å². The van der Waals surface area contributed by atoms with E-state index in [4.69, 9.17) is 0 Å². The molecule has 0 aliphatic heterocycles. The molecular formula is H12N5OOs. The number of rotatable bonds is 0. The summed E-state index contributed by atoms with van der Waals surface area (Å²) >= 11 is 0. The molecule has 0 bridgehead atoms. The van der Waals surface area contributed by atoms with Crippen molar-refractivity contribution in [2.45, 2.75) is 0 Å². The fourth-order valence-electron chi connectivity index (χ4n) is 0. The monoisotopic (exact) mass is 290 g/mol. The molecule has 0 unspecified atom stereocenters. The first kappa shape index (κ1) is 1930. The van der Waals surface area contributed by atoms with E-state index in [-0.39, 0.29) is 56.0 Å². The van der Waals surface area contributed by atoms with Gasteiger partial charge < -0.3 is 36.2 Å². The number of hydrogen-bond donors (Lipinski definition) is 0. The quantitative estimate of drug-likeness (QED) is 0.631. The molecule has 7 heteroatoms. The summed E-state index contributed by atoms with van der Waals surface area (Å²) < 4.78 is 0. The van der Waals surface area contributed by atoms with Crippen LogP contribution >= 0.6 is 0 Å². The molecule has 0 amide bonds. The molecule has 0 saturated carbocycles. The zero-order chi connectivity index (χ0) is 0. The van der Waals surface area contributed by atoms with Crippen LogP contribution in [0.1, 0.15) is 0 Å². The SMILES string of the molecule is O.[NH2-].[NH2-].[NH2-].[NH2-].[NH2-].[Os+5]. The molecule has 0 saturated heterocycles. The van der Waals surface area contributed by atoms with Gasteiger partial charge in [0.1, 0.15) is 0 Å². The summed E-state index contributed by atoms with van der Waals surface area (Å²) in [5, 5.41) is 0. The minimum atomic E-state index is 0. The Morgan fingerprint density at radius 3 is 0.429 bits per heavy atom. The Labute approximate surface area is 56.7 Å². The van der Waals surface area contributed by atoms with Crippen molar-refractivity contribution >= 4 is 0 Å². The molecular weight excluding hydrogens is 276 g/mol. The van der Waals surface area contributed by atoms with Crippen LogP contribution in [-0.2, 0) is 19.8 Å². The van der Waals surface area contributed by atoms with Crippen LogP contribution in [0.25, 0.3) is 30.8 Å². The van der Waals surface area contributed by atoms with E-state index in [1.807, 2.05) is 0 Å². The third-order valence-corrected chi connectivity index (χ3v) is 0. The summed E-state index contributed by atoms with van der Waals surface area (Å²) in [4.78, 5) is 0. The molecule has 0 aliphatic carbocycles. The summed E-state index contributed by atoms with van der Waals surface area (Å²) in [6, 6.07) is 0. The first-order valence-electron chi connectivity index (χ1n) is 0. The van der Waals surface area contributed by atoms with Crippen LogP contribution < -0.4 is 0 Å². The van der Waals surface area contributed by atoms with Crippen molar-refractivity contribution in [3.8, 4) is 0 Å². The van der Waals surface area contributed by atoms with Crippen molar-refractivity contribution in [3.63, 3.8) is 0 Å². The van der Waals surface area contributed by atoms with Gasteiger partial charge in [-0.05, 0) is 0 Å². The Bertz CT molecular complexity index is 8.04. The van der Waals surface area contributed by atoms with Crippen LogP contribution in [-0.4, -0.2) is 5.48 Å². The zero-order valence-corrected chi connectivity index (χ0v) is 6.28. The second-order valence-electron chi connectivity index (χ2n) is 0. The van der Waals surface area contributed by atoms with Gasteiger partial charge in [-0.3, -0.25) is 0 Å². The predicted octanol–water partition coefficient (Wildman–Crippen LogP) is 2.76. The van der Waals surface area contributed by atoms with Gasteiger partial charge in [-0.1, -0.05) is 0 Å². The number of hydrogen-bond acceptors (Lipinski definition) is 0. The molecule has 51 valence electrons. The standard InChI is InChI=1S/5H2N.H2O.Os/h6*1H2;/q5*-1;;+5. The maximum absolute atomic E-state index is 0. The van der Waals surface area contributed by atoms with Gasteiger partial charge in [0.15, 0.2) is 0 Å². The topological polar surface area (TPSA) is 199 Å². The van der Waals surface area contributed by atoms with Gasteiger partial charge in [-0.2, -0.15) is 0 Å². The normalized spacial score (nSPS) is 0. The molecule has 0 aromatic heterocycles. The molecule has 0 fully saturated rings. The minimum Gasteiger partial charge on any atom is -0.693 e. The third-order valence-electron chi connectivity index (χ3n) is 0. The van der Waals surface area contributed by atoms with Crippen molar-refractivity contribution in [1.82, 2.24) is 0 Å². The summed E-state index contributed by atoms with van der Waals surface area (Å²) in [5.41, 5.74) is 0. The fourth-order valence-corrected chi connectivity index (χ4v) is 0. The van der Waals surface area contributed by atoms with Gasteiger partial charge in [0.2, 0.25) is 0 Å². The van der Waals surface area contributed by atoms with Crippen molar-refractivity contribution in [1.29, 1.82) is 0 Å². The zero-order valence-electron chi connectivity index (χ0n) is 3.74. The number of nitrogens with two attached hydrogens (primary N) is 5. The molecule has 12 N–H and O–H groups in total. The second-order valence-corrected chi connectivity index (χ2v) is 0. The summed E-state index contributed by atoms with van der Waals surface area (Å²) in [7, 11) is 0. The van der Waals surface area contributed by atoms with Crippen LogP contribution in [0.3, 0.4) is 0 Å². The Hall–Kier alpha value is 0.396. The summed E-state index contributed by atoms with van der Waals surface area (Å²) in [6.45, 7) is 0. The molecule has 6 nitrogen and oxygen atoms in total. The Kier molecular flexibility index (Phi) is 326000. The van der Waals surface area contributed by atoms with E-state index >= 15 is 0 Å². The smallest absolute Gasteiger partial charge is 0.693 e. The largest absolute Gasteiger partial charge is 5.00 e. The molecule has 0 spiro atoms. The van der Waals surface area contributed by atoms with E-state index in [1.165, 1.54) is 0 Å². The molecule has 0 atom stereocenters. The van der Waals surface area contributed by atoms with E-state index in [1.54, 1.807) is 0 Å². The van der Waals surface area contributed by atoms with Crippen molar-refractivity contribution in [2.24, 2.45) is 0 Å². The van der Waals surface area contributed by atoms with E-state index in [0.717, 1.165) is 0 Å². The first-order valence-corrected chi connectivity index (χ1v) is 0. The van der Waals surface area contributed by atoms with Crippen molar-refractivity contribution < 1.29 is 25.3 Å². The van der Waals surface area contributed by atoms with E-state index < -0.39 is 0 Å². The van der Waals surface area contributed by atoms with Gasteiger partial charge in [-0.15, -0.1) is 0 Å². The van der Waals surface area contributed by atoms with Gasteiger partial charge >= 0.3 is 19.8 Å². The van der Waals surface area contributed by atoms with Gasteiger partial charge in [0.25, 0.3) is 0 Å². The molecule has 1 radical (unpaired) electrons. The van der Waals surface area contributed by atoms with Crippen LogP contribution in [0.15, 0.2) is 0 Å². The van der Waals surface area contributed by atoms with Crippen LogP contribution in [0.5, 0.6) is 0 Å². The minimum absolute atomic E-state index is 0. The van der Waals surface area contributed by atoms with Crippen molar-refractivity contribution in [2.75, 3.05) is 0 Å². The Morgan fingerprint density at radius 1 is 0.429 bits per heavy atom. The molecule has 7 heavy (non-hydrogen) atoms. The maximum atomic E-state index is 0. The molecule has 0 rings (SSSR count). The fraction of sp³-hybridized carbons (Fsp3) is 0. The third kappa shape index (κ3) is 787. The Balaban J connectivity index is 0. The van der Waals surface area contributed by atoms with Gasteiger partial charge in [0.05, 0.1) is 0 Å². The molecule has 0 aliphatic rings. The maximum Gasteiger partial charge on any atom is 5.00 e. The van der Waals surface area contributed by atoms with E-state index in [2.05, 4.69) is 0 Å². The van der Waals surface area contributed by atoms with Gasteiger partial charge in [0, 0.05) is 0 Å². The predicted molar refractivity (Wildman–Crippen MR) is 30.0 cm³/mol. The molecule has 0 heterocycles. The van der Waals surface area contributed by atoms with Crippen molar-refractivity contribution in [3.05, 3.63) is 30.8 Å². The van der Waals surface area contributed by atoms with Crippen LogP contribution in [0.4, 0.5) is 0 Å². The summed E-state index contributed by atoms with van der Waals surface area (Å²) in [5.74, 6) is 0. The molecule has 0 aromatic rings. The second kappa shape index (κ2) is 1190. The average Bonchev–Trinajstić information content (AvgIpc) is 0. The average molecular weight is 288 g/mol. The van der Waals surface area contributed by atoms with Gasteiger partial charge in [-0.25, -0.2) is 0 Å². The van der Waals surface area contributed by atoms with Crippen LogP contribution in [0.2, 0.25) is 0 Å².